The number of nitrogens with one attached hydrogen (secondary N) is 1. The summed E-state index contributed by atoms with van der Waals surface area (Å²) < 4.78 is 27.5. The molecule has 2 aromatic carbocycles. The van der Waals surface area contributed by atoms with Gasteiger partial charge in [0.05, 0.1) is 0 Å². The first kappa shape index (κ1) is 15.6. The minimum Gasteiger partial charge on any atom is -0.306 e. The van der Waals surface area contributed by atoms with Crippen molar-refractivity contribution in [2.24, 2.45) is 0 Å². The molecule has 0 aromatic heterocycles. The first-order valence-corrected chi connectivity index (χ1v) is 7.28. The van der Waals surface area contributed by atoms with E-state index in [4.69, 9.17) is 0 Å². The lowest BCUT2D eigenvalue weighted by atomic mass is 10.0. The minimum atomic E-state index is -0.368. The molecular formula is C18H21F2N. The molecule has 0 heterocycles. The van der Waals surface area contributed by atoms with Crippen LogP contribution < -0.4 is 5.32 Å². The SMILES string of the molecule is CCc1ccc(CNC(C)c2cc(F)c(C)cc2F)cc1. The van der Waals surface area contributed by atoms with Crippen molar-refractivity contribution >= 4 is 0 Å². The van der Waals surface area contributed by atoms with Crippen molar-refractivity contribution in [3.63, 3.8) is 0 Å². The van der Waals surface area contributed by atoms with Crippen molar-refractivity contribution in [1.29, 1.82) is 0 Å². The number of rotatable bonds is 5. The first-order valence-electron chi connectivity index (χ1n) is 7.28. The van der Waals surface area contributed by atoms with Crippen LogP contribution in [0.2, 0.25) is 0 Å². The molecule has 0 aliphatic heterocycles. The molecule has 0 amide bonds. The first-order chi connectivity index (χ1) is 10.0. The molecular weight excluding hydrogens is 268 g/mol. The summed E-state index contributed by atoms with van der Waals surface area (Å²) in [6.07, 6.45) is 1.01. The number of benzene rings is 2. The van der Waals surface area contributed by atoms with Crippen molar-refractivity contribution in [3.8, 4) is 0 Å². The molecule has 2 aromatic rings. The van der Waals surface area contributed by atoms with Crippen LogP contribution in [-0.4, -0.2) is 0 Å². The Morgan fingerprint density at radius 2 is 1.62 bits per heavy atom. The van der Waals surface area contributed by atoms with E-state index in [0.29, 0.717) is 17.7 Å². The Kier molecular flexibility index (Phi) is 5.07. The van der Waals surface area contributed by atoms with Crippen LogP contribution in [0.4, 0.5) is 8.78 Å². The van der Waals surface area contributed by atoms with Crippen LogP contribution in [0, 0.1) is 18.6 Å². The Morgan fingerprint density at radius 1 is 1.00 bits per heavy atom. The summed E-state index contributed by atoms with van der Waals surface area (Å²) in [5, 5.41) is 3.23. The highest BCUT2D eigenvalue weighted by atomic mass is 19.1. The standard InChI is InChI=1S/C18H21F2N/c1-4-14-5-7-15(8-6-14)11-21-13(3)16-10-17(19)12(2)9-18(16)20/h5-10,13,21H,4,11H2,1-3H3. The Morgan fingerprint density at radius 3 is 2.24 bits per heavy atom. The van der Waals surface area contributed by atoms with Gasteiger partial charge in [-0.1, -0.05) is 31.2 Å². The maximum absolute atomic E-state index is 13.9. The van der Waals surface area contributed by atoms with Crippen LogP contribution in [0.3, 0.4) is 0 Å². The Bertz CT molecular complexity index is 605. The molecule has 0 aliphatic rings. The van der Waals surface area contributed by atoms with E-state index in [1.54, 1.807) is 6.92 Å². The number of hydrogen-bond donors (Lipinski definition) is 1. The van der Waals surface area contributed by atoms with Crippen molar-refractivity contribution in [3.05, 3.63) is 70.3 Å². The topological polar surface area (TPSA) is 12.0 Å². The molecule has 0 radical (unpaired) electrons. The molecule has 0 saturated carbocycles. The van der Waals surface area contributed by atoms with Gasteiger partial charge in [0, 0.05) is 18.2 Å². The number of aryl methyl sites for hydroxylation is 2. The fraction of sp³-hybridized carbons (Fsp3) is 0.333. The normalized spacial score (nSPS) is 12.4. The zero-order chi connectivity index (χ0) is 15.4. The maximum Gasteiger partial charge on any atom is 0.128 e. The predicted octanol–water partition coefficient (Wildman–Crippen LogP) is 4.69. The molecule has 0 fully saturated rings. The quantitative estimate of drug-likeness (QED) is 0.842. The number of halogens is 2. The van der Waals surface area contributed by atoms with Gasteiger partial charge in [0.2, 0.25) is 0 Å². The van der Waals surface area contributed by atoms with Gasteiger partial charge in [0.25, 0.3) is 0 Å². The molecule has 112 valence electrons. The fourth-order valence-electron chi connectivity index (χ4n) is 2.27. The predicted molar refractivity (Wildman–Crippen MR) is 82.2 cm³/mol. The summed E-state index contributed by atoms with van der Waals surface area (Å²) in [7, 11) is 0. The van der Waals surface area contributed by atoms with E-state index < -0.39 is 0 Å². The van der Waals surface area contributed by atoms with Gasteiger partial charge in [-0.15, -0.1) is 0 Å². The second-order valence-corrected chi connectivity index (χ2v) is 5.40. The van der Waals surface area contributed by atoms with E-state index in [2.05, 4.69) is 36.5 Å². The van der Waals surface area contributed by atoms with E-state index in [0.717, 1.165) is 12.0 Å². The average Bonchev–Trinajstić information content (AvgIpc) is 2.49. The highest BCUT2D eigenvalue weighted by molar-refractivity contribution is 5.28. The van der Waals surface area contributed by atoms with E-state index >= 15 is 0 Å². The molecule has 1 unspecified atom stereocenters. The third kappa shape index (κ3) is 3.88. The fourth-order valence-corrected chi connectivity index (χ4v) is 2.27. The van der Waals surface area contributed by atoms with Crippen LogP contribution >= 0.6 is 0 Å². The smallest absolute Gasteiger partial charge is 0.128 e. The maximum atomic E-state index is 13.9. The van der Waals surface area contributed by atoms with E-state index in [-0.39, 0.29) is 17.7 Å². The molecule has 0 spiro atoms. The molecule has 0 aliphatic carbocycles. The lowest BCUT2D eigenvalue weighted by molar-refractivity contribution is 0.516. The van der Waals surface area contributed by atoms with Gasteiger partial charge in [-0.05, 0) is 49.1 Å². The summed E-state index contributed by atoms with van der Waals surface area (Å²) in [4.78, 5) is 0. The highest BCUT2D eigenvalue weighted by Gasteiger charge is 2.13. The molecule has 1 atom stereocenters. The van der Waals surface area contributed by atoms with Crippen molar-refractivity contribution in [2.45, 2.75) is 39.8 Å². The molecule has 1 N–H and O–H groups in total. The Hall–Kier alpha value is -1.74. The van der Waals surface area contributed by atoms with Gasteiger partial charge in [0.1, 0.15) is 11.6 Å². The van der Waals surface area contributed by atoms with Gasteiger partial charge >= 0.3 is 0 Å². The molecule has 0 saturated heterocycles. The van der Waals surface area contributed by atoms with Gasteiger partial charge in [-0.3, -0.25) is 0 Å². The lowest BCUT2D eigenvalue weighted by Gasteiger charge is -2.16. The summed E-state index contributed by atoms with van der Waals surface area (Å²) in [5.41, 5.74) is 3.12. The summed E-state index contributed by atoms with van der Waals surface area (Å²) in [6.45, 7) is 6.15. The van der Waals surface area contributed by atoms with Gasteiger partial charge in [0.15, 0.2) is 0 Å². The molecule has 21 heavy (non-hydrogen) atoms. The van der Waals surface area contributed by atoms with E-state index in [9.17, 15) is 8.78 Å². The van der Waals surface area contributed by atoms with Gasteiger partial charge in [-0.25, -0.2) is 8.78 Å². The van der Waals surface area contributed by atoms with E-state index in [1.807, 2.05) is 6.92 Å². The third-order valence-corrected chi connectivity index (χ3v) is 3.79. The third-order valence-electron chi connectivity index (χ3n) is 3.79. The van der Waals surface area contributed by atoms with Crippen LogP contribution in [0.15, 0.2) is 36.4 Å². The van der Waals surface area contributed by atoms with Gasteiger partial charge < -0.3 is 5.32 Å². The minimum absolute atomic E-state index is 0.244. The molecule has 2 rings (SSSR count). The average molecular weight is 289 g/mol. The molecule has 1 nitrogen and oxygen atoms in total. The Labute approximate surface area is 125 Å². The Balaban J connectivity index is 2.04. The summed E-state index contributed by atoms with van der Waals surface area (Å²) in [5.74, 6) is -0.734. The molecule has 0 bridgehead atoms. The second-order valence-electron chi connectivity index (χ2n) is 5.40. The number of hydrogen-bond acceptors (Lipinski definition) is 1. The largest absolute Gasteiger partial charge is 0.306 e. The van der Waals surface area contributed by atoms with Crippen LogP contribution in [0.25, 0.3) is 0 Å². The van der Waals surface area contributed by atoms with Crippen LogP contribution in [0.5, 0.6) is 0 Å². The second kappa shape index (κ2) is 6.81. The van der Waals surface area contributed by atoms with Gasteiger partial charge in [-0.2, -0.15) is 0 Å². The van der Waals surface area contributed by atoms with Crippen LogP contribution in [-0.2, 0) is 13.0 Å². The summed E-state index contributed by atoms with van der Waals surface area (Å²) in [6, 6.07) is 10.6. The zero-order valence-electron chi connectivity index (χ0n) is 12.7. The highest BCUT2D eigenvalue weighted by Crippen LogP contribution is 2.21. The lowest BCUT2D eigenvalue weighted by Crippen LogP contribution is -2.19. The van der Waals surface area contributed by atoms with Crippen molar-refractivity contribution in [2.75, 3.05) is 0 Å². The van der Waals surface area contributed by atoms with E-state index in [1.165, 1.54) is 17.7 Å². The van der Waals surface area contributed by atoms with Crippen molar-refractivity contribution < 1.29 is 8.78 Å². The monoisotopic (exact) mass is 289 g/mol. The van der Waals surface area contributed by atoms with Crippen LogP contribution in [0.1, 0.15) is 42.1 Å². The van der Waals surface area contributed by atoms with Crippen molar-refractivity contribution in [1.82, 2.24) is 5.32 Å². The zero-order valence-corrected chi connectivity index (χ0v) is 12.7. The summed E-state index contributed by atoms with van der Waals surface area (Å²) >= 11 is 0. The molecule has 3 heteroatoms.